The Morgan fingerprint density at radius 2 is 2.00 bits per heavy atom. The molecule has 82 valence electrons. The van der Waals surface area contributed by atoms with Gasteiger partial charge in [-0.1, -0.05) is 12.1 Å². The van der Waals surface area contributed by atoms with E-state index in [1.165, 1.54) is 12.1 Å². The minimum atomic E-state index is -2.68. The van der Waals surface area contributed by atoms with Crippen molar-refractivity contribution in [1.82, 2.24) is 0 Å². The smallest absolute Gasteiger partial charge is 0.250 e. The molecule has 1 unspecified atom stereocenters. The first-order chi connectivity index (χ1) is 6.91. The lowest BCUT2D eigenvalue weighted by Crippen LogP contribution is -2.35. The Hall–Kier alpha value is -1.16. The summed E-state index contributed by atoms with van der Waals surface area (Å²) in [5.41, 5.74) is 5.52. The molecule has 0 saturated heterocycles. The normalized spacial score (nSPS) is 29.3. The number of hydrogen-bond acceptors (Lipinski definition) is 2. The molecule has 0 amide bonds. The van der Waals surface area contributed by atoms with Crippen LogP contribution in [0.3, 0.4) is 0 Å². The summed E-state index contributed by atoms with van der Waals surface area (Å²) in [6.45, 7) is 0. The second kappa shape index (κ2) is 3.17. The van der Waals surface area contributed by atoms with Crippen LogP contribution in [0, 0.1) is 0 Å². The van der Waals surface area contributed by atoms with Crippen molar-refractivity contribution in [3.05, 3.63) is 29.8 Å². The molecule has 2 nitrogen and oxygen atoms in total. The lowest BCUT2D eigenvalue weighted by molar-refractivity contribution is 0.00290. The van der Waals surface area contributed by atoms with Crippen molar-refractivity contribution in [2.45, 2.75) is 30.7 Å². The predicted molar refractivity (Wildman–Crippen MR) is 52.8 cm³/mol. The van der Waals surface area contributed by atoms with Crippen molar-refractivity contribution in [3.63, 3.8) is 0 Å². The largest absolute Gasteiger partial charge is 0.508 e. The number of alkyl halides is 2. The third kappa shape index (κ3) is 1.95. The molecule has 1 aliphatic rings. The van der Waals surface area contributed by atoms with Crippen LogP contribution < -0.4 is 5.73 Å². The van der Waals surface area contributed by atoms with E-state index in [0.29, 0.717) is 5.56 Å². The van der Waals surface area contributed by atoms with Gasteiger partial charge < -0.3 is 10.8 Å². The topological polar surface area (TPSA) is 46.2 Å². The zero-order valence-corrected chi connectivity index (χ0v) is 8.21. The monoisotopic (exact) mass is 213 g/mol. The van der Waals surface area contributed by atoms with Crippen LogP contribution in [0.25, 0.3) is 0 Å². The number of halogens is 2. The molecule has 3 N–H and O–H groups in total. The summed E-state index contributed by atoms with van der Waals surface area (Å²) in [6, 6.07) is 6.26. The number of benzene rings is 1. The molecule has 1 aromatic carbocycles. The maximum absolute atomic E-state index is 13.1. The average molecular weight is 213 g/mol. The minimum absolute atomic E-state index is 0.0625. The molecule has 0 radical (unpaired) electrons. The van der Waals surface area contributed by atoms with E-state index in [1.54, 1.807) is 12.1 Å². The van der Waals surface area contributed by atoms with Crippen molar-refractivity contribution < 1.29 is 13.9 Å². The van der Waals surface area contributed by atoms with Gasteiger partial charge in [0.2, 0.25) is 5.92 Å². The number of phenolic OH excluding ortho intramolecular Hbond substituents is 1. The molecule has 0 heterocycles. The van der Waals surface area contributed by atoms with Gasteiger partial charge in [-0.2, -0.15) is 0 Å². The summed E-state index contributed by atoms with van der Waals surface area (Å²) < 4.78 is 26.2. The molecule has 1 saturated carbocycles. The fourth-order valence-corrected chi connectivity index (χ4v) is 2.11. The van der Waals surface area contributed by atoms with Gasteiger partial charge in [0.25, 0.3) is 0 Å². The van der Waals surface area contributed by atoms with Gasteiger partial charge in [0.1, 0.15) is 5.75 Å². The van der Waals surface area contributed by atoms with E-state index in [2.05, 4.69) is 0 Å². The summed E-state index contributed by atoms with van der Waals surface area (Å²) in [6.07, 6.45) is -0.272. The molecule has 0 bridgehead atoms. The van der Waals surface area contributed by atoms with Gasteiger partial charge >= 0.3 is 0 Å². The van der Waals surface area contributed by atoms with Crippen LogP contribution in [0.15, 0.2) is 24.3 Å². The number of phenols is 1. The standard InChI is InChI=1S/C11H13F2NO/c12-11(13)5-4-10(14,7-11)8-2-1-3-9(15)6-8/h1-3,6,15H,4-5,7,14H2. The number of rotatable bonds is 1. The third-order valence-electron chi connectivity index (χ3n) is 2.93. The molecular weight excluding hydrogens is 200 g/mol. The van der Waals surface area contributed by atoms with Crippen LogP contribution in [0.4, 0.5) is 8.78 Å². The van der Waals surface area contributed by atoms with Crippen LogP contribution in [-0.2, 0) is 5.54 Å². The molecular formula is C11H13F2NO. The first-order valence-corrected chi connectivity index (χ1v) is 4.88. The van der Waals surface area contributed by atoms with Crippen LogP contribution in [0.5, 0.6) is 5.75 Å². The quantitative estimate of drug-likeness (QED) is 0.752. The fourth-order valence-electron chi connectivity index (χ4n) is 2.11. The second-order valence-corrected chi connectivity index (χ2v) is 4.24. The van der Waals surface area contributed by atoms with E-state index in [1.807, 2.05) is 0 Å². The highest BCUT2D eigenvalue weighted by molar-refractivity contribution is 5.33. The molecule has 0 aliphatic heterocycles. The van der Waals surface area contributed by atoms with Crippen LogP contribution in [-0.4, -0.2) is 11.0 Å². The van der Waals surface area contributed by atoms with Gasteiger partial charge in [0, 0.05) is 18.4 Å². The predicted octanol–water partition coefficient (Wildman–Crippen LogP) is 2.37. The van der Waals surface area contributed by atoms with E-state index >= 15 is 0 Å². The van der Waals surface area contributed by atoms with E-state index in [0.717, 1.165) is 0 Å². The van der Waals surface area contributed by atoms with Crippen LogP contribution >= 0.6 is 0 Å². The highest BCUT2D eigenvalue weighted by atomic mass is 19.3. The van der Waals surface area contributed by atoms with Gasteiger partial charge in [-0.15, -0.1) is 0 Å². The van der Waals surface area contributed by atoms with Crippen molar-refractivity contribution in [2.24, 2.45) is 5.73 Å². The van der Waals surface area contributed by atoms with Crippen LogP contribution in [0.2, 0.25) is 0 Å². The van der Waals surface area contributed by atoms with Crippen LogP contribution in [0.1, 0.15) is 24.8 Å². The number of aromatic hydroxyl groups is 1. The summed E-state index contributed by atoms with van der Waals surface area (Å²) >= 11 is 0. The van der Waals surface area contributed by atoms with Gasteiger partial charge in [0.15, 0.2) is 0 Å². The van der Waals surface area contributed by atoms with E-state index in [4.69, 9.17) is 5.73 Å². The second-order valence-electron chi connectivity index (χ2n) is 4.24. The van der Waals surface area contributed by atoms with Crippen molar-refractivity contribution in [1.29, 1.82) is 0 Å². The Bertz CT molecular complexity index is 381. The van der Waals surface area contributed by atoms with Gasteiger partial charge in [0.05, 0.1) is 0 Å². The average Bonchev–Trinajstić information content (AvgIpc) is 2.42. The van der Waals surface area contributed by atoms with E-state index in [-0.39, 0.29) is 25.0 Å². The minimum Gasteiger partial charge on any atom is -0.508 e. The lowest BCUT2D eigenvalue weighted by Gasteiger charge is -2.24. The lowest BCUT2D eigenvalue weighted by atomic mass is 9.89. The molecule has 15 heavy (non-hydrogen) atoms. The number of nitrogens with two attached hydrogens (primary N) is 1. The molecule has 0 aromatic heterocycles. The highest BCUT2D eigenvalue weighted by Gasteiger charge is 2.48. The fraction of sp³-hybridized carbons (Fsp3) is 0.455. The summed E-state index contributed by atoms with van der Waals surface area (Å²) in [5, 5.41) is 9.27. The Kier molecular flexibility index (Phi) is 2.19. The summed E-state index contributed by atoms with van der Waals surface area (Å²) in [4.78, 5) is 0. The summed E-state index contributed by atoms with van der Waals surface area (Å²) in [5.74, 6) is -2.62. The highest BCUT2D eigenvalue weighted by Crippen LogP contribution is 2.45. The van der Waals surface area contributed by atoms with Crippen molar-refractivity contribution in [2.75, 3.05) is 0 Å². The van der Waals surface area contributed by atoms with E-state index < -0.39 is 11.5 Å². The van der Waals surface area contributed by atoms with Gasteiger partial charge in [-0.05, 0) is 24.1 Å². The molecule has 1 atom stereocenters. The van der Waals surface area contributed by atoms with Gasteiger partial charge in [-0.3, -0.25) is 0 Å². The van der Waals surface area contributed by atoms with Gasteiger partial charge in [-0.25, -0.2) is 8.78 Å². The Balaban J connectivity index is 2.31. The molecule has 0 spiro atoms. The first kappa shape index (κ1) is 10.4. The molecule has 1 aromatic rings. The van der Waals surface area contributed by atoms with Crippen molar-refractivity contribution >= 4 is 0 Å². The molecule has 2 rings (SSSR count). The maximum Gasteiger partial charge on any atom is 0.250 e. The molecule has 1 aliphatic carbocycles. The maximum atomic E-state index is 13.1. The summed E-state index contributed by atoms with van der Waals surface area (Å²) in [7, 11) is 0. The Morgan fingerprint density at radius 1 is 1.27 bits per heavy atom. The Morgan fingerprint density at radius 3 is 2.53 bits per heavy atom. The molecule has 1 fully saturated rings. The van der Waals surface area contributed by atoms with E-state index in [9.17, 15) is 13.9 Å². The SMILES string of the molecule is NC1(c2cccc(O)c2)CCC(F)(F)C1. The molecule has 4 heteroatoms. The number of hydrogen-bond donors (Lipinski definition) is 2. The Labute approximate surface area is 86.7 Å². The zero-order valence-electron chi connectivity index (χ0n) is 8.21. The zero-order chi connectivity index (χ0) is 11.1. The first-order valence-electron chi connectivity index (χ1n) is 4.88. The third-order valence-corrected chi connectivity index (χ3v) is 2.93. The van der Waals surface area contributed by atoms with Crippen molar-refractivity contribution in [3.8, 4) is 5.75 Å².